The first-order valence-corrected chi connectivity index (χ1v) is 10.0. The van der Waals surface area contributed by atoms with Gasteiger partial charge in [-0.05, 0) is 35.0 Å². The molecule has 0 aliphatic carbocycles. The Kier molecular flexibility index (Phi) is 8.55. The minimum atomic E-state index is 0. The molecule has 3 rings (SSSR count). The lowest BCUT2D eigenvalue weighted by molar-refractivity contribution is 0.366. The fraction of sp³-hybridized carbons (Fsp3) is 0.471. The van der Waals surface area contributed by atoms with Crippen LogP contribution in [0.3, 0.4) is 0 Å². The summed E-state index contributed by atoms with van der Waals surface area (Å²) in [7, 11) is 3.44. The number of rotatable bonds is 4. The SMILES string of the molecule is CN=C(NCc1ccc(C)s1)N1CCN(c2ncc(Br)c(OC)n2)CC1.I. The molecule has 27 heavy (non-hydrogen) atoms. The molecule has 1 aliphatic rings. The van der Waals surface area contributed by atoms with E-state index in [1.165, 1.54) is 9.75 Å². The van der Waals surface area contributed by atoms with Gasteiger partial charge >= 0.3 is 0 Å². The van der Waals surface area contributed by atoms with Crippen LogP contribution in [0, 0.1) is 6.92 Å². The maximum Gasteiger partial charge on any atom is 0.232 e. The lowest BCUT2D eigenvalue weighted by Crippen LogP contribution is -2.52. The highest BCUT2D eigenvalue weighted by molar-refractivity contribution is 14.0. The van der Waals surface area contributed by atoms with Gasteiger partial charge in [0.1, 0.15) is 0 Å². The van der Waals surface area contributed by atoms with Gasteiger partial charge in [-0.2, -0.15) is 4.98 Å². The van der Waals surface area contributed by atoms with Crippen LogP contribution in [0.25, 0.3) is 0 Å². The normalized spacial score (nSPS) is 14.7. The van der Waals surface area contributed by atoms with Crippen LogP contribution >= 0.6 is 51.2 Å². The summed E-state index contributed by atoms with van der Waals surface area (Å²) in [6, 6.07) is 4.31. The third kappa shape index (κ3) is 5.67. The first-order valence-electron chi connectivity index (χ1n) is 8.43. The Morgan fingerprint density at radius 1 is 1.33 bits per heavy atom. The van der Waals surface area contributed by atoms with Gasteiger partial charge in [0.05, 0.1) is 24.3 Å². The highest BCUT2D eigenvalue weighted by Crippen LogP contribution is 2.24. The number of nitrogens with zero attached hydrogens (tertiary/aromatic N) is 5. The molecule has 7 nitrogen and oxygen atoms in total. The molecular formula is C17H24BrIN6OS. The molecule has 1 N–H and O–H groups in total. The molecule has 3 heterocycles. The molecule has 0 spiro atoms. The number of nitrogens with one attached hydrogen (secondary N) is 1. The van der Waals surface area contributed by atoms with E-state index in [1.54, 1.807) is 13.3 Å². The number of aliphatic imine (C=N–C) groups is 1. The summed E-state index contributed by atoms with van der Waals surface area (Å²) < 4.78 is 6.03. The van der Waals surface area contributed by atoms with Crippen LogP contribution in [0.1, 0.15) is 9.75 Å². The van der Waals surface area contributed by atoms with Crippen molar-refractivity contribution >= 4 is 63.2 Å². The van der Waals surface area contributed by atoms with E-state index >= 15 is 0 Å². The maximum absolute atomic E-state index is 5.27. The molecule has 1 saturated heterocycles. The summed E-state index contributed by atoms with van der Waals surface area (Å²) in [5.41, 5.74) is 0. The summed E-state index contributed by atoms with van der Waals surface area (Å²) in [5.74, 6) is 2.19. The van der Waals surface area contributed by atoms with Crippen molar-refractivity contribution in [3.63, 3.8) is 0 Å². The van der Waals surface area contributed by atoms with E-state index in [2.05, 4.69) is 65.1 Å². The molecule has 0 bridgehead atoms. The number of thiophene rings is 1. The van der Waals surface area contributed by atoms with Gasteiger partial charge in [0, 0.05) is 43.0 Å². The van der Waals surface area contributed by atoms with Crippen molar-refractivity contribution in [1.82, 2.24) is 20.2 Å². The molecule has 2 aromatic rings. The Balaban J connectivity index is 0.00000261. The zero-order valence-electron chi connectivity index (χ0n) is 15.6. The van der Waals surface area contributed by atoms with E-state index in [0.29, 0.717) is 11.8 Å². The van der Waals surface area contributed by atoms with Crippen molar-refractivity contribution in [2.24, 2.45) is 4.99 Å². The largest absolute Gasteiger partial charge is 0.480 e. The number of anilines is 1. The van der Waals surface area contributed by atoms with Crippen molar-refractivity contribution in [1.29, 1.82) is 0 Å². The van der Waals surface area contributed by atoms with E-state index in [0.717, 1.165) is 43.2 Å². The highest BCUT2D eigenvalue weighted by Gasteiger charge is 2.22. The number of hydrogen-bond acceptors (Lipinski definition) is 6. The molecule has 0 radical (unpaired) electrons. The minimum Gasteiger partial charge on any atom is -0.480 e. The smallest absolute Gasteiger partial charge is 0.232 e. The lowest BCUT2D eigenvalue weighted by atomic mass is 10.3. The highest BCUT2D eigenvalue weighted by atomic mass is 127. The maximum atomic E-state index is 5.27. The van der Waals surface area contributed by atoms with Crippen molar-refractivity contribution in [3.05, 3.63) is 32.6 Å². The van der Waals surface area contributed by atoms with E-state index in [-0.39, 0.29) is 24.0 Å². The molecule has 0 saturated carbocycles. The topological polar surface area (TPSA) is 65.9 Å². The predicted molar refractivity (Wildman–Crippen MR) is 125 cm³/mol. The molecule has 148 valence electrons. The molecule has 0 unspecified atom stereocenters. The van der Waals surface area contributed by atoms with Crippen molar-refractivity contribution in [3.8, 4) is 5.88 Å². The number of hydrogen-bond donors (Lipinski definition) is 1. The second-order valence-corrected chi connectivity index (χ2v) is 8.14. The van der Waals surface area contributed by atoms with Gasteiger partial charge in [0.2, 0.25) is 11.8 Å². The Hall–Kier alpha value is -1.14. The van der Waals surface area contributed by atoms with Crippen molar-refractivity contribution < 1.29 is 4.74 Å². The third-order valence-electron chi connectivity index (χ3n) is 4.18. The predicted octanol–water partition coefficient (Wildman–Crippen LogP) is 3.13. The fourth-order valence-corrected chi connectivity index (χ4v) is 4.02. The number of halogens is 2. The summed E-state index contributed by atoms with van der Waals surface area (Å²) in [5, 5.41) is 3.46. The molecule has 0 aromatic carbocycles. The van der Waals surface area contributed by atoms with Gasteiger partial charge in [-0.25, -0.2) is 4.98 Å². The van der Waals surface area contributed by atoms with Crippen LogP contribution in [-0.2, 0) is 6.54 Å². The van der Waals surface area contributed by atoms with Gasteiger partial charge in [0.25, 0.3) is 0 Å². The first-order chi connectivity index (χ1) is 12.6. The lowest BCUT2D eigenvalue weighted by Gasteiger charge is -2.36. The fourth-order valence-electron chi connectivity index (χ4n) is 2.84. The summed E-state index contributed by atoms with van der Waals surface area (Å²) >= 11 is 5.20. The Morgan fingerprint density at radius 2 is 2.07 bits per heavy atom. The van der Waals surface area contributed by atoms with Crippen LogP contribution in [0.15, 0.2) is 27.8 Å². The monoisotopic (exact) mass is 566 g/mol. The van der Waals surface area contributed by atoms with Gasteiger partial charge in [-0.15, -0.1) is 35.3 Å². The van der Waals surface area contributed by atoms with Crippen molar-refractivity contribution in [2.75, 3.05) is 45.2 Å². The number of aromatic nitrogens is 2. The zero-order valence-corrected chi connectivity index (χ0v) is 20.3. The second-order valence-electron chi connectivity index (χ2n) is 5.91. The summed E-state index contributed by atoms with van der Waals surface area (Å²) in [6.45, 7) is 6.34. The number of aryl methyl sites for hydroxylation is 1. The number of ether oxygens (including phenoxy) is 1. The molecular weight excluding hydrogens is 543 g/mol. The Morgan fingerprint density at radius 3 is 2.67 bits per heavy atom. The van der Waals surface area contributed by atoms with E-state index < -0.39 is 0 Å². The minimum absolute atomic E-state index is 0. The van der Waals surface area contributed by atoms with Crippen LogP contribution < -0.4 is 15.0 Å². The average molecular weight is 567 g/mol. The van der Waals surface area contributed by atoms with Crippen LogP contribution in [0.5, 0.6) is 5.88 Å². The molecule has 1 fully saturated rings. The van der Waals surface area contributed by atoms with Crippen LogP contribution in [0.4, 0.5) is 5.95 Å². The molecule has 2 aromatic heterocycles. The molecule has 1 aliphatic heterocycles. The molecule has 0 atom stereocenters. The van der Waals surface area contributed by atoms with Crippen LogP contribution in [0.2, 0.25) is 0 Å². The van der Waals surface area contributed by atoms with Crippen LogP contribution in [-0.4, -0.2) is 61.2 Å². The van der Waals surface area contributed by atoms with Gasteiger partial charge in [0.15, 0.2) is 5.96 Å². The van der Waals surface area contributed by atoms with E-state index in [4.69, 9.17) is 4.74 Å². The van der Waals surface area contributed by atoms with Gasteiger partial charge in [-0.1, -0.05) is 0 Å². The zero-order chi connectivity index (χ0) is 18.5. The third-order valence-corrected chi connectivity index (χ3v) is 5.73. The molecule has 10 heteroatoms. The number of methoxy groups -OCH3 is 1. The number of guanidine groups is 1. The Labute approximate surface area is 189 Å². The summed E-state index contributed by atoms with van der Waals surface area (Å²) in [6.07, 6.45) is 1.73. The summed E-state index contributed by atoms with van der Waals surface area (Å²) in [4.78, 5) is 20.4. The molecule has 0 amide bonds. The average Bonchev–Trinajstić information content (AvgIpc) is 3.08. The van der Waals surface area contributed by atoms with Gasteiger partial charge < -0.3 is 19.9 Å². The van der Waals surface area contributed by atoms with E-state index in [1.807, 2.05) is 18.4 Å². The number of piperazine rings is 1. The second kappa shape index (κ2) is 10.4. The standard InChI is InChI=1S/C17H23BrN6OS.HI/c1-12-4-5-13(26-12)10-20-16(19-2)23-6-8-24(9-7-23)17-21-11-14(18)15(22-17)25-3;/h4-5,11H,6-10H2,1-3H3,(H,19,20);1H. The Bertz CT molecular complexity index is 779. The quantitative estimate of drug-likeness (QED) is 0.348. The van der Waals surface area contributed by atoms with Gasteiger partial charge in [-0.3, -0.25) is 4.99 Å². The van der Waals surface area contributed by atoms with Crippen molar-refractivity contribution in [2.45, 2.75) is 13.5 Å². The van der Waals surface area contributed by atoms with E-state index in [9.17, 15) is 0 Å². The first kappa shape index (κ1) is 22.2.